The van der Waals surface area contributed by atoms with Crippen molar-refractivity contribution in [3.05, 3.63) is 24.3 Å². The molecule has 0 heterocycles. The summed E-state index contributed by atoms with van der Waals surface area (Å²) in [6, 6.07) is 7.59. The highest BCUT2D eigenvalue weighted by Crippen LogP contribution is 2.21. The summed E-state index contributed by atoms with van der Waals surface area (Å²) < 4.78 is 0. The van der Waals surface area contributed by atoms with Crippen molar-refractivity contribution >= 4 is 5.69 Å². The highest BCUT2D eigenvalue weighted by atomic mass is 16.3. The topological polar surface area (TPSA) is 23.5 Å². The highest BCUT2D eigenvalue weighted by Gasteiger charge is 2.09. The summed E-state index contributed by atoms with van der Waals surface area (Å²) in [6.45, 7) is 11.1. The highest BCUT2D eigenvalue weighted by molar-refractivity contribution is 5.50. The minimum atomic E-state index is 0.353. The van der Waals surface area contributed by atoms with E-state index in [0.717, 1.165) is 18.8 Å². The molecule has 1 rings (SSSR count). The van der Waals surface area contributed by atoms with Crippen LogP contribution in [0, 0.1) is 11.8 Å². The van der Waals surface area contributed by atoms with E-state index in [-0.39, 0.29) is 0 Å². The lowest BCUT2D eigenvalue weighted by atomic mass is 10.1. The number of anilines is 1. The van der Waals surface area contributed by atoms with Gasteiger partial charge in [0.1, 0.15) is 5.75 Å². The average Bonchev–Trinajstić information content (AvgIpc) is 2.28. The van der Waals surface area contributed by atoms with E-state index in [1.54, 1.807) is 6.07 Å². The molecule has 0 atom stereocenters. The molecule has 0 amide bonds. The molecule has 102 valence electrons. The van der Waals surface area contributed by atoms with Crippen molar-refractivity contribution in [2.45, 2.75) is 40.5 Å². The summed E-state index contributed by atoms with van der Waals surface area (Å²) in [4.78, 5) is 2.39. The third-order valence-corrected chi connectivity index (χ3v) is 3.15. The van der Waals surface area contributed by atoms with Crippen molar-refractivity contribution < 1.29 is 5.11 Å². The van der Waals surface area contributed by atoms with Gasteiger partial charge in [0.25, 0.3) is 0 Å². The monoisotopic (exact) mass is 249 g/mol. The second kappa shape index (κ2) is 7.30. The summed E-state index contributed by atoms with van der Waals surface area (Å²) in [5.74, 6) is 1.78. The molecule has 0 aromatic heterocycles. The van der Waals surface area contributed by atoms with Crippen molar-refractivity contribution in [1.82, 2.24) is 0 Å². The maximum Gasteiger partial charge on any atom is 0.117 e. The standard InChI is InChI=1S/C16H27NO/c1-13(2)8-10-17(11-9-14(3)4)15-6-5-7-16(18)12-15/h5-7,12-14,18H,8-11H2,1-4H3. The number of hydrogen-bond acceptors (Lipinski definition) is 2. The van der Waals surface area contributed by atoms with Crippen LogP contribution in [0.15, 0.2) is 24.3 Å². The van der Waals surface area contributed by atoms with Gasteiger partial charge in [-0.2, -0.15) is 0 Å². The number of benzene rings is 1. The molecule has 0 saturated carbocycles. The van der Waals surface area contributed by atoms with E-state index in [9.17, 15) is 5.11 Å². The first kappa shape index (κ1) is 14.9. The minimum absolute atomic E-state index is 0.353. The number of phenolic OH excluding ortho intramolecular Hbond substituents is 1. The Morgan fingerprint density at radius 1 is 1.00 bits per heavy atom. The number of phenols is 1. The zero-order valence-electron chi connectivity index (χ0n) is 12.2. The maximum atomic E-state index is 9.59. The fourth-order valence-electron chi connectivity index (χ4n) is 1.89. The zero-order valence-corrected chi connectivity index (χ0v) is 12.2. The van der Waals surface area contributed by atoms with Gasteiger partial charge in [-0.05, 0) is 36.8 Å². The van der Waals surface area contributed by atoms with E-state index in [4.69, 9.17) is 0 Å². The van der Waals surface area contributed by atoms with E-state index in [2.05, 4.69) is 38.7 Å². The number of nitrogens with zero attached hydrogens (tertiary/aromatic N) is 1. The molecule has 2 nitrogen and oxygen atoms in total. The Kier molecular flexibility index (Phi) is 6.03. The van der Waals surface area contributed by atoms with Gasteiger partial charge in [0, 0.05) is 24.8 Å². The second-order valence-electron chi connectivity index (χ2n) is 5.87. The molecule has 1 aromatic carbocycles. The third kappa shape index (κ3) is 5.44. The normalized spacial score (nSPS) is 11.2. The van der Waals surface area contributed by atoms with Crippen molar-refractivity contribution in [1.29, 1.82) is 0 Å². The number of hydrogen-bond donors (Lipinski definition) is 1. The van der Waals surface area contributed by atoms with E-state index < -0.39 is 0 Å². The van der Waals surface area contributed by atoms with Gasteiger partial charge in [0.15, 0.2) is 0 Å². The van der Waals surface area contributed by atoms with Gasteiger partial charge in [-0.25, -0.2) is 0 Å². The van der Waals surface area contributed by atoms with E-state index in [0.29, 0.717) is 17.6 Å². The first-order chi connectivity index (χ1) is 8.49. The van der Waals surface area contributed by atoms with Crippen molar-refractivity contribution in [3.8, 4) is 5.75 Å². The van der Waals surface area contributed by atoms with Gasteiger partial charge >= 0.3 is 0 Å². The van der Waals surface area contributed by atoms with Gasteiger partial charge in [0.2, 0.25) is 0 Å². The summed E-state index contributed by atoms with van der Waals surface area (Å²) in [5, 5.41) is 9.59. The van der Waals surface area contributed by atoms with Gasteiger partial charge < -0.3 is 10.0 Å². The van der Waals surface area contributed by atoms with Gasteiger partial charge in [0.05, 0.1) is 0 Å². The Morgan fingerprint density at radius 2 is 1.56 bits per heavy atom. The Labute approximate surface area is 112 Å². The van der Waals surface area contributed by atoms with Gasteiger partial charge in [-0.3, -0.25) is 0 Å². The smallest absolute Gasteiger partial charge is 0.117 e. The average molecular weight is 249 g/mol. The van der Waals surface area contributed by atoms with E-state index >= 15 is 0 Å². The largest absolute Gasteiger partial charge is 0.508 e. The van der Waals surface area contributed by atoms with Crippen LogP contribution in [0.2, 0.25) is 0 Å². The minimum Gasteiger partial charge on any atom is -0.508 e. The van der Waals surface area contributed by atoms with Crippen LogP contribution in [-0.4, -0.2) is 18.2 Å². The third-order valence-electron chi connectivity index (χ3n) is 3.15. The van der Waals surface area contributed by atoms with Gasteiger partial charge in [-0.1, -0.05) is 33.8 Å². The lowest BCUT2D eigenvalue weighted by molar-refractivity contribution is 0.474. The molecule has 0 fully saturated rings. The Morgan fingerprint density at radius 3 is 2.00 bits per heavy atom. The fraction of sp³-hybridized carbons (Fsp3) is 0.625. The summed E-state index contributed by atoms with van der Waals surface area (Å²) >= 11 is 0. The van der Waals surface area contributed by atoms with Gasteiger partial charge in [-0.15, -0.1) is 0 Å². The van der Waals surface area contributed by atoms with E-state index in [1.165, 1.54) is 12.8 Å². The van der Waals surface area contributed by atoms with Crippen LogP contribution < -0.4 is 4.90 Å². The zero-order chi connectivity index (χ0) is 13.5. The maximum absolute atomic E-state index is 9.59. The van der Waals surface area contributed by atoms with Crippen molar-refractivity contribution in [2.24, 2.45) is 11.8 Å². The fourth-order valence-corrected chi connectivity index (χ4v) is 1.89. The van der Waals surface area contributed by atoms with E-state index in [1.807, 2.05) is 12.1 Å². The lowest BCUT2D eigenvalue weighted by Gasteiger charge is -2.26. The second-order valence-corrected chi connectivity index (χ2v) is 5.87. The molecule has 0 unspecified atom stereocenters. The molecule has 0 radical (unpaired) electrons. The molecular formula is C16H27NO. The predicted octanol–water partition coefficient (Wildman–Crippen LogP) is 4.29. The predicted molar refractivity (Wildman–Crippen MR) is 79.2 cm³/mol. The molecule has 18 heavy (non-hydrogen) atoms. The molecule has 0 saturated heterocycles. The molecule has 0 bridgehead atoms. The summed E-state index contributed by atoms with van der Waals surface area (Å²) in [6.07, 6.45) is 2.38. The van der Waals surface area contributed by atoms with Crippen molar-refractivity contribution in [3.63, 3.8) is 0 Å². The molecule has 2 heteroatoms. The Bertz CT molecular complexity index is 335. The molecule has 1 aromatic rings. The first-order valence-electron chi connectivity index (χ1n) is 7.03. The number of rotatable bonds is 7. The van der Waals surface area contributed by atoms with Crippen LogP contribution in [0.25, 0.3) is 0 Å². The number of aromatic hydroxyl groups is 1. The quantitative estimate of drug-likeness (QED) is 0.779. The summed E-state index contributed by atoms with van der Waals surface area (Å²) in [7, 11) is 0. The summed E-state index contributed by atoms with van der Waals surface area (Å²) in [5.41, 5.74) is 1.14. The van der Waals surface area contributed by atoms with Crippen LogP contribution >= 0.6 is 0 Å². The molecule has 1 N–H and O–H groups in total. The van der Waals surface area contributed by atoms with Crippen LogP contribution in [0.3, 0.4) is 0 Å². The Balaban J connectivity index is 2.69. The van der Waals surface area contributed by atoms with Crippen LogP contribution in [0.5, 0.6) is 5.75 Å². The Hall–Kier alpha value is -1.18. The lowest BCUT2D eigenvalue weighted by Crippen LogP contribution is -2.27. The molecule has 0 aliphatic carbocycles. The molecule has 0 spiro atoms. The van der Waals surface area contributed by atoms with Crippen molar-refractivity contribution in [2.75, 3.05) is 18.0 Å². The molecule has 0 aliphatic heterocycles. The first-order valence-corrected chi connectivity index (χ1v) is 7.03. The molecular weight excluding hydrogens is 222 g/mol. The van der Waals surface area contributed by atoms with Crippen LogP contribution in [0.4, 0.5) is 5.69 Å². The van der Waals surface area contributed by atoms with Crippen LogP contribution in [-0.2, 0) is 0 Å². The SMILES string of the molecule is CC(C)CCN(CCC(C)C)c1cccc(O)c1. The van der Waals surface area contributed by atoms with Crippen LogP contribution in [0.1, 0.15) is 40.5 Å². The molecule has 0 aliphatic rings.